The van der Waals surface area contributed by atoms with Crippen molar-refractivity contribution >= 4 is 23.2 Å². The lowest BCUT2D eigenvalue weighted by atomic mass is 9.80. The SMILES string of the molecule is CCC(O)(c1cc(Cl)cc(Cl)c1)C(C)CN1CCN(C)CC1. The zero-order valence-corrected chi connectivity index (χ0v) is 15.2. The fourth-order valence-corrected chi connectivity index (χ4v) is 3.74. The highest BCUT2D eigenvalue weighted by Crippen LogP contribution is 2.36. The lowest BCUT2D eigenvalue weighted by Gasteiger charge is -2.39. The molecule has 0 spiro atoms. The van der Waals surface area contributed by atoms with Gasteiger partial charge in [0.15, 0.2) is 0 Å². The second-order valence-corrected chi connectivity index (χ2v) is 7.31. The highest BCUT2D eigenvalue weighted by atomic mass is 35.5. The lowest BCUT2D eigenvalue weighted by Crippen LogP contribution is -2.48. The Balaban J connectivity index is 2.14. The van der Waals surface area contributed by atoms with Gasteiger partial charge in [-0.1, -0.05) is 37.0 Å². The standard InChI is InChI=1S/C17H26Cl2N2O/c1-4-17(22,14-9-15(18)11-16(19)10-14)13(2)12-21-7-5-20(3)6-8-21/h9-11,13,22H,4-8,12H2,1-3H3. The molecule has 0 radical (unpaired) electrons. The van der Waals surface area contributed by atoms with E-state index in [0.717, 1.165) is 38.3 Å². The van der Waals surface area contributed by atoms with E-state index in [2.05, 4.69) is 23.8 Å². The number of hydrogen-bond acceptors (Lipinski definition) is 3. The van der Waals surface area contributed by atoms with Crippen molar-refractivity contribution < 1.29 is 5.11 Å². The Labute approximate surface area is 143 Å². The summed E-state index contributed by atoms with van der Waals surface area (Å²) in [4.78, 5) is 4.77. The molecule has 0 saturated carbocycles. The first kappa shape index (κ1) is 18.0. The maximum atomic E-state index is 11.2. The van der Waals surface area contributed by atoms with Gasteiger partial charge in [0.05, 0.1) is 5.60 Å². The molecule has 124 valence electrons. The zero-order chi connectivity index (χ0) is 16.3. The van der Waals surface area contributed by atoms with Gasteiger partial charge in [0.2, 0.25) is 0 Å². The molecule has 2 atom stereocenters. The molecule has 1 saturated heterocycles. The van der Waals surface area contributed by atoms with E-state index in [0.29, 0.717) is 16.5 Å². The van der Waals surface area contributed by atoms with Crippen molar-refractivity contribution in [3.63, 3.8) is 0 Å². The summed E-state index contributed by atoms with van der Waals surface area (Å²) in [5.41, 5.74) is -0.0909. The molecule has 1 N–H and O–H groups in total. The van der Waals surface area contributed by atoms with Crippen LogP contribution in [0.15, 0.2) is 18.2 Å². The van der Waals surface area contributed by atoms with Crippen LogP contribution in [0, 0.1) is 5.92 Å². The maximum absolute atomic E-state index is 11.2. The maximum Gasteiger partial charge on any atom is 0.0932 e. The molecule has 5 heteroatoms. The first-order chi connectivity index (χ1) is 10.3. The van der Waals surface area contributed by atoms with Gasteiger partial charge in [-0.25, -0.2) is 0 Å². The molecule has 22 heavy (non-hydrogen) atoms. The summed E-state index contributed by atoms with van der Waals surface area (Å²) in [5.74, 6) is 0.107. The molecule has 1 heterocycles. The Bertz CT molecular complexity index is 483. The molecular formula is C17H26Cl2N2O. The number of piperazine rings is 1. The number of nitrogens with zero attached hydrogens (tertiary/aromatic N) is 2. The van der Waals surface area contributed by atoms with Crippen LogP contribution in [0.3, 0.4) is 0 Å². The third kappa shape index (κ3) is 4.15. The van der Waals surface area contributed by atoms with Gasteiger partial charge in [-0.15, -0.1) is 0 Å². The van der Waals surface area contributed by atoms with Crippen molar-refractivity contribution in [2.24, 2.45) is 5.92 Å². The molecular weight excluding hydrogens is 319 g/mol. The van der Waals surface area contributed by atoms with Crippen molar-refractivity contribution in [1.82, 2.24) is 9.80 Å². The summed E-state index contributed by atoms with van der Waals surface area (Å²) in [6.07, 6.45) is 0.637. The Kier molecular flexibility index (Phi) is 6.14. The summed E-state index contributed by atoms with van der Waals surface area (Å²) < 4.78 is 0. The number of halogens is 2. The average Bonchev–Trinajstić information content (AvgIpc) is 2.47. The van der Waals surface area contributed by atoms with Crippen LogP contribution in [-0.2, 0) is 5.60 Å². The van der Waals surface area contributed by atoms with Crippen LogP contribution in [-0.4, -0.2) is 54.7 Å². The predicted molar refractivity (Wildman–Crippen MR) is 93.8 cm³/mol. The van der Waals surface area contributed by atoms with Gasteiger partial charge in [0.25, 0.3) is 0 Å². The highest BCUT2D eigenvalue weighted by Gasteiger charge is 2.35. The van der Waals surface area contributed by atoms with Gasteiger partial charge < -0.3 is 14.9 Å². The summed E-state index contributed by atoms with van der Waals surface area (Å²) in [7, 11) is 2.15. The Morgan fingerprint density at radius 2 is 1.68 bits per heavy atom. The number of aliphatic hydroxyl groups is 1. The Morgan fingerprint density at radius 1 is 1.14 bits per heavy atom. The fraction of sp³-hybridized carbons (Fsp3) is 0.647. The molecule has 1 aromatic rings. The molecule has 0 aliphatic carbocycles. The third-order valence-electron chi connectivity index (χ3n) is 4.84. The van der Waals surface area contributed by atoms with Crippen LogP contribution < -0.4 is 0 Å². The molecule has 0 aromatic heterocycles. The fourth-order valence-electron chi connectivity index (χ4n) is 3.21. The number of hydrogen-bond donors (Lipinski definition) is 1. The summed E-state index contributed by atoms with van der Waals surface area (Å²) in [6.45, 7) is 9.27. The van der Waals surface area contributed by atoms with Gasteiger partial charge in [0.1, 0.15) is 0 Å². The van der Waals surface area contributed by atoms with E-state index in [1.165, 1.54) is 0 Å². The van der Waals surface area contributed by atoms with Crippen molar-refractivity contribution in [2.75, 3.05) is 39.8 Å². The van der Waals surface area contributed by atoms with Crippen LogP contribution in [0.25, 0.3) is 0 Å². The molecule has 2 rings (SSSR count). The largest absolute Gasteiger partial charge is 0.385 e. The molecule has 2 unspecified atom stereocenters. The van der Waals surface area contributed by atoms with Crippen LogP contribution in [0.1, 0.15) is 25.8 Å². The Morgan fingerprint density at radius 3 is 2.18 bits per heavy atom. The molecule has 0 bridgehead atoms. The minimum Gasteiger partial charge on any atom is -0.385 e. The van der Waals surface area contributed by atoms with Gasteiger partial charge in [0, 0.05) is 48.7 Å². The molecule has 1 aromatic carbocycles. The summed E-state index contributed by atoms with van der Waals surface area (Å²) in [5, 5.41) is 12.4. The van der Waals surface area contributed by atoms with E-state index in [4.69, 9.17) is 23.2 Å². The van der Waals surface area contributed by atoms with Crippen molar-refractivity contribution in [2.45, 2.75) is 25.9 Å². The van der Waals surface area contributed by atoms with Crippen molar-refractivity contribution in [1.29, 1.82) is 0 Å². The first-order valence-electron chi connectivity index (χ1n) is 7.95. The minimum absolute atomic E-state index is 0.107. The third-order valence-corrected chi connectivity index (χ3v) is 5.28. The number of likely N-dealkylation sites (N-methyl/N-ethyl adjacent to an activating group) is 1. The highest BCUT2D eigenvalue weighted by molar-refractivity contribution is 6.34. The van der Waals surface area contributed by atoms with Gasteiger partial charge in [-0.3, -0.25) is 0 Å². The average molecular weight is 345 g/mol. The number of rotatable bonds is 5. The first-order valence-corrected chi connectivity index (χ1v) is 8.70. The zero-order valence-electron chi connectivity index (χ0n) is 13.6. The molecule has 1 aliphatic heterocycles. The van der Waals surface area contributed by atoms with Crippen LogP contribution in [0.4, 0.5) is 0 Å². The van der Waals surface area contributed by atoms with E-state index in [1.807, 2.05) is 19.1 Å². The van der Waals surface area contributed by atoms with Gasteiger partial charge in [-0.2, -0.15) is 0 Å². The molecule has 1 aliphatic rings. The van der Waals surface area contributed by atoms with E-state index in [1.54, 1.807) is 6.07 Å². The quantitative estimate of drug-likeness (QED) is 0.885. The van der Waals surface area contributed by atoms with Gasteiger partial charge in [-0.05, 0) is 37.2 Å². The van der Waals surface area contributed by atoms with E-state index < -0.39 is 5.60 Å². The summed E-state index contributed by atoms with van der Waals surface area (Å²) in [6, 6.07) is 5.36. The van der Waals surface area contributed by atoms with E-state index in [-0.39, 0.29) is 5.92 Å². The lowest BCUT2D eigenvalue weighted by molar-refractivity contribution is -0.0371. The van der Waals surface area contributed by atoms with Crippen LogP contribution in [0.5, 0.6) is 0 Å². The second-order valence-electron chi connectivity index (χ2n) is 6.44. The topological polar surface area (TPSA) is 26.7 Å². The van der Waals surface area contributed by atoms with Crippen LogP contribution >= 0.6 is 23.2 Å². The number of benzene rings is 1. The van der Waals surface area contributed by atoms with E-state index in [9.17, 15) is 5.11 Å². The van der Waals surface area contributed by atoms with Crippen LogP contribution in [0.2, 0.25) is 10.0 Å². The van der Waals surface area contributed by atoms with Crippen molar-refractivity contribution in [3.05, 3.63) is 33.8 Å². The van der Waals surface area contributed by atoms with E-state index >= 15 is 0 Å². The summed E-state index contributed by atoms with van der Waals surface area (Å²) >= 11 is 12.2. The monoisotopic (exact) mass is 344 g/mol. The predicted octanol–water partition coefficient (Wildman–Crippen LogP) is 3.47. The Hall–Kier alpha value is -0.320. The van der Waals surface area contributed by atoms with Crippen molar-refractivity contribution in [3.8, 4) is 0 Å². The molecule has 3 nitrogen and oxygen atoms in total. The normalized spacial score (nSPS) is 21.5. The molecule has 1 fully saturated rings. The smallest absolute Gasteiger partial charge is 0.0932 e. The second kappa shape index (κ2) is 7.50. The minimum atomic E-state index is -0.905. The molecule has 0 amide bonds. The van der Waals surface area contributed by atoms with Gasteiger partial charge >= 0.3 is 0 Å².